The maximum atomic E-state index is 11.8. The Kier molecular flexibility index (Phi) is 3.48. The molecule has 1 amide bonds. The van der Waals surface area contributed by atoms with E-state index in [9.17, 15) is 4.79 Å². The van der Waals surface area contributed by atoms with Crippen LogP contribution in [0.5, 0.6) is 0 Å². The van der Waals surface area contributed by atoms with Gasteiger partial charge in [-0.15, -0.1) is 0 Å². The minimum atomic E-state index is 0.0329. The first-order chi connectivity index (χ1) is 8.11. The van der Waals surface area contributed by atoms with Gasteiger partial charge < -0.3 is 10.0 Å². The summed E-state index contributed by atoms with van der Waals surface area (Å²) in [5, 5.41) is 8.91. The van der Waals surface area contributed by atoms with Gasteiger partial charge in [0.2, 0.25) is 5.91 Å². The molecule has 0 saturated carbocycles. The van der Waals surface area contributed by atoms with Crippen LogP contribution in [0, 0.1) is 0 Å². The van der Waals surface area contributed by atoms with E-state index in [4.69, 9.17) is 5.11 Å². The summed E-state index contributed by atoms with van der Waals surface area (Å²) in [6.45, 7) is 5.41. The van der Waals surface area contributed by atoms with Crippen molar-refractivity contribution in [2.45, 2.75) is 32.7 Å². The van der Waals surface area contributed by atoms with Crippen LogP contribution >= 0.6 is 0 Å². The van der Waals surface area contributed by atoms with Crippen molar-refractivity contribution in [2.75, 3.05) is 13.2 Å². The number of nitrogens with zero attached hydrogens (tertiary/aromatic N) is 1. The van der Waals surface area contributed by atoms with Crippen molar-refractivity contribution in [2.24, 2.45) is 0 Å². The summed E-state index contributed by atoms with van der Waals surface area (Å²) >= 11 is 0. The average Bonchev–Trinajstić information content (AvgIpc) is 2.29. The van der Waals surface area contributed by atoms with Crippen LogP contribution in [0.15, 0.2) is 18.2 Å². The molecular formula is C14H19NO2. The van der Waals surface area contributed by atoms with Gasteiger partial charge in [-0.3, -0.25) is 4.79 Å². The van der Waals surface area contributed by atoms with Gasteiger partial charge in [-0.05, 0) is 22.6 Å². The Morgan fingerprint density at radius 3 is 2.76 bits per heavy atom. The molecule has 1 aromatic carbocycles. The molecule has 0 saturated heterocycles. The topological polar surface area (TPSA) is 40.5 Å². The van der Waals surface area contributed by atoms with Gasteiger partial charge in [0.15, 0.2) is 0 Å². The second kappa shape index (κ2) is 4.88. The lowest BCUT2D eigenvalue weighted by Crippen LogP contribution is -2.38. The molecule has 3 nitrogen and oxygen atoms in total. The third-order valence-electron chi connectivity index (χ3n) is 3.32. The van der Waals surface area contributed by atoms with Crippen LogP contribution in [0.1, 0.15) is 36.5 Å². The second-order valence-electron chi connectivity index (χ2n) is 4.90. The number of hydrogen-bond donors (Lipinski definition) is 1. The molecule has 1 N–H and O–H groups in total. The first-order valence-electron chi connectivity index (χ1n) is 6.12. The Labute approximate surface area is 102 Å². The van der Waals surface area contributed by atoms with Crippen molar-refractivity contribution in [3.05, 3.63) is 34.9 Å². The predicted molar refractivity (Wildman–Crippen MR) is 66.7 cm³/mol. The van der Waals surface area contributed by atoms with Gasteiger partial charge in [0.1, 0.15) is 0 Å². The van der Waals surface area contributed by atoms with Crippen molar-refractivity contribution < 1.29 is 9.90 Å². The molecule has 0 radical (unpaired) electrons. The van der Waals surface area contributed by atoms with Crippen molar-refractivity contribution >= 4 is 5.91 Å². The second-order valence-corrected chi connectivity index (χ2v) is 4.90. The van der Waals surface area contributed by atoms with Crippen LogP contribution < -0.4 is 0 Å². The molecule has 3 heteroatoms. The number of aliphatic hydroxyl groups is 1. The van der Waals surface area contributed by atoms with E-state index in [1.807, 2.05) is 0 Å². The maximum absolute atomic E-state index is 11.8. The highest BCUT2D eigenvalue weighted by molar-refractivity contribution is 5.81. The number of amides is 1. The van der Waals surface area contributed by atoms with Crippen molar-refractivity contribution in [1.29, 1.82) is 0 Å². The Bertz CT molecular complexity index is 426. The van der Waals surface area contributed by atoms with E-state index >= 15 is 0 Å². The molecule has 0 bridgehead atoms. The molecule has 17 heavy (non-hydrogen) atoms. The number of hydrogen-bond acceptors (Lipinski definition) is 2. The SMILES string of the molecule is CC(C)c1ccc2c(c1)CC(=O)N(CCO)C2. The summed E-state index contributed by atoms with van der Waals surface area (Å²) < 4.78 is 0. The van der Waals surface area contributed by atoms with Gasteiger partial charge in [-0.25, -0.2) is 0 Å². The molecule has 1 aromatic rings. The van der Waals surface area contributed by atoms with Crippen molar-refractivity contribution in [3.8, 4) is 0 Å². The van der Waals surface area contributed by atoms with Gasteiger partial charge in [0.25, 0.3) is 0 Å². The molecule has 0 atom stereocenters. The Balaban J connectivity index is 2.25. The largest absolute Gasteiger partial charge is 0.395 e. The fourth-order valence-electron chi connectivity index (χ4n) is 2.22. The predicted octanol–water partition coefficient (Wildman–Crippen LogP) is 1.69. The van der Waals surface area contributed by atoms with Gasteiger partial charge in [0.05, 0.1) is 13.0 Å². The van der Waals surface area contributed by atoms with Crippen LogP contribution in [0.4, 0.5) is 0 Å². The highest BCUT2D eigenvalue weighted by Gasteiger charge is 2.22. The highest BCUT2D eigenvalue weighted by atomic mass is 16.3. The van der Waals surface area contributed by atoms with Crippen LogP contribution in [0.2, 0.25) is 0 Å². The third-order valence-corrected chi connectivity index (χ3v) is 3.32. The average molecular weight is 233 g/mol. The van der Waals surface area contributed by atoms with Crippen LogP contribution in [-0.4, -0.2) is 29.1 Å². The van der Waals surface area contributed by atoms with Crippen molar-refractivity contribution in [3.63, 3.8) is 0 Å². The standard InChI is InChI=1S/C14H19NO2/c1-10(2)11-3-4-12-9-15(5-6-16)14(17)8-13(12)7-11/h3-4,7,10,16H,5-6,8-9H2,1-2H3. The molecule has 1 aliphatic rings. The number of rotatable bonds is 3. The third kappa shape index (κ3) is 2.50. The van der Waals surface area contributed by atoms with Crippen LogP contribution in [0.25, 0.3) is 0 Å². The summed E-state index contributed by atoms with van der Waals surface area (Å²) in [7, 11) is 0. The molecule has 1 heterocycles. The summed E-state index contributed by atoms with van der Waals surface area (Å²) in [6.07, 6.45) is 0.468. The van der Waals surface area contributed by atoms with E-state index in [2.05, 4.69) is 32.0 Å². The normalized spacial score (nSPS) is 15.3. The Morgan fingerprint density at radius 2 is 2.12 bits per heavy atom. The lowest BCUT2D eigenvalue weighted by atomic mass is 9.93. The van der Waals surface area contributed by atoms with Gasteiger partial charge in [-0.2, -0.15) is 0 Å². The van der Waals surface area contributed by atoms with Gasteiger partial charge in [0, 0.05) is 13.1 Å². The highest BCUT2D eigenvalue weighted by Crippen LogP contribution is 2.24. The number of β-amino-alcohol motifs (C(OH)–C–C–N with tert-alkyl or cyclic N) is 1. The number of benzene rings is 1. The lowest BCUT2D eigenvalue weighted by Gasteiger charge is -2.28. The van der Waals surface area contributed by atoms with Crippen LogP contribution in [-0.2, 0) is 17.8 Å². The van der Waals surface area contributed by atoms with E-state index in [0.29, 0.717) is 25.4 Å². The molecule has 0 spiro atoms. The van der Waals surface area contributed by atoms with E-state index in [1.54, 1.807) is 4.90 Å². The number of carbonyl (C=O) groups excluding carboxylic acids is 1. The molecule has 0 aliphatic carbocycles. The number of aliphatic hydroxyl groups excluding tert-OH is 1. The molecule has 0 unspecified atom stereocenters. The van der Waals surface area contributed by atoms with E-state index in [0.717, 1.165) is 5.56 Å². The number of carbonyl (C=O) groups is 1. The Hall–Kier alpha value is -1.35. The summed E-state index contributed by atoms with van der Waals surface area (Å²) in [5.41, 5.74) is 3.64. The van der Waals surface area contributed by atoms with E-state index in [1.165, 1.54) is 11.1 Å². The molecular weight excluding hydrogens is 214 g/mol. The summed E-state index contributed by atoms with van der Waals surface area (Å²) in [6, 6.07) is 6.39. The minimum Gasteiger partial charge on any atom is -0.395 e. The molecule has 1 aliphatic heterocycles. The smallest absolute Gasteiger partial charge is 0.227 e. The lowest BCUT2D eigenvalue weighted by molar-refractivity contribution is -0.132. The fourth-order valence-corrected chi connectivity index (χ4v) is 2.22. The number of fused-ring (bicyclic) bond motifs is 1. The summed E-state index contributed by atoms with van der Waals surface area (Å²) in [5.74, 6) is 0.610. The Morgan fingerprint density at radius 1 is 1.35 bits per heavy atom. The van der Waals surface area contributed by atoms with Gasteiger partial charge >= 0.3 is 0 Å². The quantitative estimate of drug-likeness (QED) is 0.863. The van der Waals surface area contributed by atoms with Crippen LogP contribution in [0.3, 0.4) is 0 Å². The molecule has 92 valence electrons. The zero-order valence-corrected chi connectivity index (χ0v) is 10.4. The van der Waals surface area contributed by atoms with E-state index in [-0.39, 0.29) is 12.5 Å². The fraction of sp³-hybridized carbons (Fsp3) is 0.500. The molecule has 0 fully saturated rings. The zero-order chi connectivity index (χ0) is 12.4. The van der Waals surface area contributed by atoms with E-state index < -0.39 is 0 Å². The molecule has 2 rings (SSSR count). The first-order valence-corrected chi connectivity index (χ1v) is 6.12. The monoisotopic (exact) mass is 233 g/mol. The van der Waals surface area contributed by atoms with Gasteiger partial charge in [-0.1, -0.05) is 32.0 Å². The minimum absolute atomic E-state index is 0.0329. The molecule has 0 aromatic heterocycles. The maximum Gasteiger partial charge on any atom is 0.227 e. The van der Waals surface area contributed by atoms with Crippen molar-refractivity contribution in [1.82, 2.24) is 4.90 Å². The summed E-state index contributed by atoms with van der Waals surface area (Å²) in [4.78, 5) is 13.6. The zero-order valence-electron chi connectivity index (χ0n) is 10.4. The first kappa shape index (κ1) is 12.1.